The predicted molar refractivity (Wildman–Crippen MR) is 71.6 cm³/mol. The van der Waals surface area contributed by atoms with Crippen LogP contribution in [0, 0.1) is 5.92 Å². The molecule has 1 aliphatic carbocycles. The monoisotopic (exact) mass is 276 g/mol. The number of halogens is 2. The second-order valence-corrected chi connectivity index (χ2v) is 6.21. The number of nitrogens with one attached hydrogen (secondary N) is 1. The summed E-state index contributed by atoms with van der Waals surface area (Å²) in [6.45, 7) is 6.02. The first-order valence-electron chi connectivity index (χ1n) is 7.36. The molecule has 3 rings (SSSR count). The van der Waals surface area contributed by atoms with Crippen molar-refractivity contribution in [1.82, 2.24) is 10.2 Å². The zero-order chi connectivity index (χ0) is 13.9. The summed E-state index contributed by atoms with van der Waals surface area (Å²) < 4.78 is 30.2. The second-order valence-electron chi connectivity index (χ2n) is 6.21. The van der Waals surface area contributed by atoms with Gasteiger partial charge in [-0.1, -0.05) is 6.92 Å². The van der Waals surface area contributed by atoms with Crippen LogP contribution in [-0.2, 0) is 4.74 Å². The average molecular weight is 276 g/mol. The average Bonchev–Trinajstić information content (AvgIpc) is 2.34. The maximum Gasteiger partial charge on any atom is 0.248 e. The maximum atomic E-state index is 12.4. The van der Waals surface area contributed by atoms with Crippen molar-refractivity contribution in [2.75, 3.05) is 33.4 Å². The fourth-order valence-corrected chi connectivity index (χ4v) is 2.88. The lowest BCUT2D eigenvalue weighted by molar-refractivity contribution is -0.0511. The number of hydrogen-bond donors (Lipinski definition) is 1. The van der Waals surface area contributed by atoms with E-state index in [4.69, 9.17) is 4.74 Å². The summed E-state index contributed by atoms with van der Waals surface area (Å²) in [7, 11) is 2.19. The minimum atomic E-state index is -2.34. The summed E-state index contributed by atoms with van der Waals surface area (Å²) in [5, 5.41) is 3.40. The third-order valence-electron chi connectivity index (χ3n) is 4.54. The normalized spacial score (nSPS) is 35.4. The highest BCUT2D eigenvalue weighted by atomic mass is 19.3. The minimum Gasteiger partial charge on any atom is -0.378 e. The number of piperazine rings is 1. The third kappa shape index (κ3) is 4.36. The SMILES string of the molecule is CC1CCC(F)(F)CC1.CN1C2CNCC1COC2. The van der Waals surface area contributed by atoms with Gasteiger partial charge >= 0.3 is 0 Å². The Morgan fingerprint density at radius 2 is 1.63 bits per heavy atom. The molecule has 1 N–H and O–H groups in total. The van der Waals surface area contributed by atoms with Crippen molar-refractivity contribution >= 4 is 0 Å². The van der Waals surface area contributed by atoms with Gasteiger partial charge in [0.1, 0.15) is 0 Å². The Morgan fingerprint density at radius 3 is 2.05 bits per heavy atom. The van der Waals surface area contributed by atoms with Crippen LogP contribution < -0.4 is 5.32 Å². The third-order valence-corrected chi connectivity index (χ3v) is 4.54. The van der Waals surface area contributed by atoms with Gasteiger partial charge in [-0.05, 0) is 25.8 Å². The van der Waals surface area contributed by atoms with E-state index in [1.807, 2.05) is 6.92 Å². The predicted octanol–water partition coefficient (Wildman–Crippen LogP) is 2.12. The Bertz CT molecular complexity index is 257. The summed E-state index contributed by atoms with van der Waals surface area (Å²) >= 11 is 0. The van der Waals surface area contributed by atoms with Crippen LogP contribution in [0.5, 0.6) is 0 Å². The van der Waals surface area contributed by atoms with Crippen molar-refractivity contribution in [2.45, 2.75) is 50.6 Å². The molecule has 0 aromatic rings. The fraction of sp³-hybridized carbons (Fsp3) is 1.00. The van der Waals surface area contributed by atoms with Gasteiger partial charge in [0.2, 0.25) is 5.92 Å². The number of fused-ring (bicyclic) bond motifs is 2. The van der Waals surface area contributed by atoms with Gasteiger partial charge in [-0.3, -0.25) is 4.90 Å². The molecule has 2 atom stereocenters. The van der Waals surface area contributed by atoms with Crippen molar-refractivity contribution in [3.63, 3.8) is 0 Å². The van der Waals surface area contributed by atoms with Crippen LogP contribution in [0.2, 0.25) is 0 Å². The second kappa shape index (κ2) is 6.46. The maximum absolute atomic E-state index is 12.4. The van der Waals surface area contributed by atoms with Gasteiger partial charge in [0.25, 0.3) is 0 Å². The summed E-state index contributed by atoms with van der Waals surface area (Å²) in [6.07, 6.45) is 1.61. The highest BCUT2D eigenvalue weighted by Gasteiger charge is 2.33. The van der Waals surface area contributed by atoms with Gasteiger partial charge in [-0.25, -0.2) is 8.78 Å². The number of ether oxygens (including phenoxy) is 1. The van der Waals surface area contributed by atoms with E-state index in [2.05, 4.69) is 17.3 Å². The quantitative estimate of drug-likeness (QED) is 0.733. The van der Waals surface area contributed by atoms with Gasteiger partial charge in [-0.15, -0.1) is 0 Å². The molecule has 1 saturated carbocycles. The number of hydrogen-bond acceptors (Lipinski definition) is 3. The first kappa shape index (κ1) is 15.1. The van der Waals surface area contributed by atoms with E-state index in [-0.39, 0.29) is 12.8 Å². The zero-order valence-electron chi connectivity index (χ0n) is 12.0. The molecule has 112 valence electrons. The van der Waals surface area contributed by atoms with E-state index in [0.29, 0.717) is 30.8 Å². The summed E-state index contributed by atoms with van der Waals surface area (Å²) in [4.78, 5) is 2.43. The van der Waals surface area contributed by atoms with Crippen LogP contribution in [-0.4, -0.2) is 56.3 Å². The summed E-state index contributed by atoms with van der Waals surface area (Å²) in [5.74, 6) is -1.82. The van der Waals surface area contributed by atoms with E-state index in [0.717, 1.165) is 26.3 Å². The number of alkyl halides is 2. The Labute approximate surface area is 114 Å². The van der Waals surface area contributed by atoms with Crippen molar-refractivity contribution in [2.24, 2.45) is 5.92 Å². The summed E-state index contributed by atoms with van der Waals surface area (Å²) in [5.41, 5.74) is 0. The molecule has 2 bridgehead atoms. The fourth-order valence-electron chi connectivity index (χ4n) is 2.88. The molecule has 0 aromatic carbocycles. The zero-order valence-corrected chi connectivity index (χ0v) is 12.0. The molecule has 0 aromatic heterocycles. The Morgan fingerprint density at radius 1 is 1.11 bits per heavy atom. The van der Waals surface area contributed by atoms with Gasteiger partial charge in [0.15, 0.2) is 0 Å². The molecular weight excluding hydrogens is 250 g/mol. The molecular formula is C14H26F2N2O. The van der Waals surface area contributed by atoms with Crippen LogP contribution >= 0.6 is 0 Å². The first-order valence-corrected chi connectivity index (χ1v) is 7.36. The summed E-state index contributed by atoms with van der Waals surface area (Å²) in [6, 6.07) is 1.24. The lowest BCUT2D eigenvalue weighted by atomic mass is 9.88. The molecule has 3 nitrogen and oxygen atoms in total. The lowest BCUT2D eigenvalue weighted by Gasteiger charge is -2.43. The van der Waals surface area contributed by atoms with Gasteiger partial charge in [0, 0.05) is 38.0 Å². The van der Waals surface area contributed by atoms with Crippen molar-refractivity contribution in [3.8, 4) is 0 Å². The van der Waals surface area contributed by atoms with Crippen LogP contribution in [0.25, 0.3) is 0 Å². The molecule has 2 unspecified atom stereocenters. The Balaban J connectivity index is 0.000000141. The van der Waals surface area contributed by atoms with Crippen LogP contribution in [0.3, 0.4) is 0 Å². The van der Waals surface area contributed by atoms with Gasteiger partial charge < -0.3 is 10.1 Å². The standard InChI is InChI=1S/C7H12F2.C7H14N2O/c1-6-2-4-7(8,9)5-3-6;1-9-6-2-8-3-7(9)5-10-4-6/h6H,2-5H2,1H3;6-8H,2-5H2,1H3. The van der Waals surface area contributed by atoms with E-state index >= 15 is 0 Å². The number of nitrogens with zero attached hydrogens (tertiary/aromatic N) is 1. The highest BCUT2D eigenvalue weighted by molar-refractivity contribution is 4.88. The largest absolute Gasteiger partial charge is 0.378 e. The molecule has 5 heteroatoms. The van der Waals surface area contributed by atoms with E-state index in [1.54, 1.807) is 0 Å². The number of likely N-dealkylation sites (N-methyl/N-ethyl adjacent to an activating group) is 1. The van der Waals surface area contributed by atoms with E-state index in [9.17, 15) is 8.78 Å². The molecule has 0 spiro atoms. The lowest BCUT2D eigenvalue weighted by Crippen LogP contribution is -2.61. The smallest absolute Gasteiger partial charge is 0.248 e. The Hall–Kier alpha value is -0.260. The molecule has 2 saturated heterocycles. The molecule has 3 fully saturated rings. The molecule has 0 radical (unpaired) electrons. The molecule has 2 aliphatic heterocycles. The van der Waals surface area contributed by atoms with Crippen LogP contribution in [0.4, 0.5) is 8.78 Å². The number of rotatable bonds is 0. The van der Waals surface area contributed by atoms with Crippen molar-refractivity contribution in [3.05, 3.63) is 0 Å². The highest BCUT2D eigenvalue weighted by Crippen LogP contribution is 2.35. The molecule has 19 heavy (non-hydrogen) atoms. The van der Waals surface area contributed by atoms with Crippen molar-refractivity contribution < 1.29 is 13.5 Å². The molecule has 2 heterocycles. The Kier molecular flexibility index (Phi) is 5.15. The molecule has 0 amide bonds. The van der Waals surface area contributed by atoms with Crippen LogP contribution in [0.15, 0.2) is 0 Å². The van der Waals surface area contributed by atoms with Gasteiger partial charge in [-0.2, -0.15) is 0 Å². The minimum absolute atomic E-state index is 0.105. The number of morpholine rings is 1. The van der Waals surface area contributed by atoms with Crippen molar-refractivity contribution in [1.29, 1.82) is 0 Å². The van der Waals surface area contributed by atoms with E-state index < -0.39 is 5.92 Å². The van der Waals surface area contributed by atoms with E-state index in [1.165, 1.54) is 0 Å². The molecule has 3 aliphatic rings. The topological polar surface area (TPSA) is 24.5 Å². The van der Waals surface area contributed by atoms with Gasteiger partial charge in [0.05, 0.1) is 13.2 Å². The first-order chi connectivity index (χ1) is 8.98. The van der Waals surface area contributed by atoms with Crippen LogP contribution in [0.1, 0.15) is 32.6 Å².